The molecular weight excluding hydrogens is 226 g/mol. The molecule has 4 nitrogen and oxygen atoms in total. The van der Waals surface area contributed by atoms with Crippen LogP contribution in [0, 0.1) is 0 Å². The Balaban J connectivity index is 2.18. The van der Waals surface area contributed by atoms with E-state index in [0.717, 1.165) is 12.8 Å². The molecule has 0 aromatic rings. The van der Waals surface area contributed by atoms with E-state index >= 15 is 0 Å². The van der Waals surface area contributed by atoms with Crippen molar-refractivity contribution in [3.05, 3.63) is 0 Å². The van der Waals surface area contributed by atoms with Crippen LogP contribution in [0.1, 0.15) is 32.1 Å². The summed E-state index contributed by atoms with van der Waals surface area (Å²) in [5.74, 6) is -0.945. The quantitative estimate of drug-likeness (QED) is 0.655. The topological polar surface area (TPSA) is 69.6 Å². The maximum Gasteiger partial charge on any atom is 0.306 e. The minimum atomic E-state index is -0.945. The molecular formula is C11H21NO3S. The molecule has 1 saturated carbocycles. The number of carboxylic acid groups (broad SMARTS) is 1. The summed E-state index contributed by atoms with van der Waals surface area (Å²) in [7, 11) is 0. The molecule has 5 heteroatoms. The van der Waals surface area contributed by atoms with Crippen LogP contribution < -0.4 is 5.32 Å². The van der Waals surface area contributed by atoms with Crippen LogP contribution in [0.15, 0.2) is 0 Å². The molecule has 0 bridgehead atoms. The van der Waals surface area contributed by atoms with E-state index in [2.05, 4.69) is 11.6 Å². The van der Waals surface area contributed by atoms with Gasteiger partial charge in [0.05, 0.1) is 12.5 Å². The van der Waals surface area contributed by atoms with Crippen molar-refractivity contribution in [2.24, 2.45) is 0 Å². The number of carboxylic acids is 1. The number of aliphatic hydroxyl groups is 1. The summed E-state index contributed by atoms with van der Waals surface area (Å²) in [6, 6.07) is 0.439. The van der Waals surface area contributed by atoms with Gasteiger partial charge in [-0.1, -0.05) is 6.42 Å². The minimum Gasteiger partial charge on any atom is -0.481 e. The Hall–Kier alpha value is -0.260. The average molecular weight is 247 g/mol. The Kier molecular flexibility index (Phi) is 6.16. The third-order valence-electron chi connectivity index (χ3n) is 3.01. The molecule has 0 saturated heterocycles. The number of nitrogens with one attached hydrogen (secondary N) is 1. The number of carbonyl (C=O) groups is 1. The molecule has 0 aromatic carbocycles. The average Bonchev–Trinajstić information content (AvgIpc) is 2.26. The van der Waals surface area contributed by atoms with Crippen LogP contribution >= 0.6 is 11.8 Å². The second kappa shape index (κ2) is 7.14. The fraction of sp³-hybridized carbons (Fsp3) is 0.909. The highest BCUT2D eigenvalue weighted by Crippen LogP contribution is 2.26. The molecule has 3 unspecified atom stereocenters. The summed E-state index contributed by atoms with van der Waals surface area (Å²) in [5.41, 5.74) is 0. The van der Waals surface area contributed by atoms with Crippen LogP contribution in [0.25, 0.3) is 0 Å². The first-order valence-electron chi connectivity index (χ1n) is 5.78. The number of hydrogen-bond acceptors (Lipinski definition) is 4. The van der Waals surface area contributed by atoms with Crippen LogP contribution in [-0.2, 0) is 4.79 Å². The summed E-state index contributed by atoms with van der Waals surface area (Å²) in [4.78, 5) is 10.4. The van der Waals surface area contributed by atoms with Crippen LogP contribution in [0.5, 0.6) is 0 Å². The second-order valence-electron chi connectivity index (χ2n) is 4.38. The van der Waals surface area contributed by atoms with Crippen molar-refractivity contribution in [2.75, 3.05) is 12.8 Å². The summed E-state index contributed by atoms with van der Waals surface area (Å²) in [6.45, 7) is 0.387. The molecule has 0 aromatic heterocycles. The van der Waals surface area contributed by atoms with Crippen molar-refractivity contribution in [2.45, 2.75) is 49.5 Å². The molecule has 1 aliphatic rings. The first-order valence-corrected chi connectivity index (χ1v) is 7.06. The minimum absolute atomic E-state index is 0.175. The molecule has 0 heterocycles. The summed E-state index contributed by atoms with van der Waals surface area (Å²) in [5, 5.41) is 21.9. The highest BCUT2D eigenvalue weighted by atomic mass is 32.2. The lowest BCUT2D eigenvalue weighted by Gasteiger charge is -2.29. The smallest absolute Gasteiger partial charge is 0.306 e. The Morgan fingerprint density at radius 3 is 2.94 bits per heavy atom. The molecule has 1 fully saturated rings. The van der Waals surface area contributed by atoms with E-state index in [0.29, 0.717) is 17.8 Å². The van der Waals surface area contributed by atoms with Crippen molar-refractivity contribution >= 4 is 17.7 Å². The molecule has 1 aliphatic carbocycles. The molecule has 1 rings (SSSR count). The third kappa shape index (κ3) is 5.18. The van der Waals surface area contributed by atoms with Gasteiger partial charge in [-0.05, 0) is 25.5 Å². The Morgan fingerprint density at radius 1 is 1.56 bits per heavy atom. The fourth-order valence-corrected chi connectivity index (χ4v) is 2.95. The van der Waals surface area contributed by atoms with Crippen molar-refractivity contribution in [1.29, 1.82) is 0 Å². The normalized spacial score (nSPS) is 27.6. The lowest BCUT2D eigenvalue weighted by Crippen LogP contribution is -2.39. The second-order valence-corrected chi connectivity index (χ2v) is 5.52. The number of thioether (sulfide) groups is 1. The van der Waals surface area contributed by atoms with Gasteiger partial charge in [0.1, 0.15) is 0 Å². The molecule has 0 aliphatic heterocycles. The van der Waals surface area contributed by atoms with Gasteiger partial charge in [-0.25, -0.2) is 0 Å². The molecule has 94 valence electrons. The number of hydrogen-bond donors (Lipinski definition) is 3. The van der Waals surface area contributed by atoms with Gasteiger partial charge in [0.25, 0.3) is 0 Å². The van der Waals surface area contributed by atoms with Crippen molar-refractivity contribution in [1.82, 2.24) is 5.32 Å². The SMILES string of the molecule is CSC1CCCC(NCC(O)CC(=O)O)C1. The first kappa shape index (κ1) is 13.8. The fourth-order valence-electron chi connectivity index (χ4n) is 2.12. The summed E-state index contributed by atoms with van der Waals surface area (Å²) < 4.78 is 0. The van der Waals surface area contributed by atoms with Gasteiger partial charge >= 0.3 is 5.97 Å². The molecule has 0 radical (unpaired) electrons. The van der Waals surface area contributed by atoms with Crippen molar-refractivity contribution in [3.8, 4) is 0 Å². The van der Waals surface area contributed by atoms with Gasteiger partial charge in [-0.2, -0.15) is 11.8 Å². The van der Waals surface area contributed by atoms with Crippen LogP contribution in [0.3, 0.4) is 0 Å². The van der Waals surface area contributed by atoms with Gasteiger partial charge in [0, 0.05) is 17.8 Å². The van der Waals surface area contributed by atoms with Crippen LogP contribution in [-0.4, -0.2) is 46.4 Å². The molecule has 0 amide bonds. The molecule has 3 N–H and O–H groups in total. The molecule has 16 heavy (non-hydrogen) atoms. The number of aliphatic hydroxyl groups excluding tert-OH is 1. The zero-order chi connectivity index (χ0) is 12.0. The largest absolute Gasteiger partial charge is 0.481 e. The van der Waals surface area contributed by atoms with Gasteiger partial charge in [-0.15, -0.1) is 0 Å². The third-order valence-corrected chi connectivity index (χ3v) is 4.11. The zero-order valence-electron chi connectivity index (χ0n) is 9.69. The highest BCUT2D eigenvalue weighted by molar-refractivity contribution is 7.99. The van der Waals surface area contributed by atoms with E-state index in [-0.39, 0.29) is 6.42 Å². The highest BCUT2D eigenvalue weighted by Gasteiger charge is 2.21. The van der Waals surface area contributed by atoms with E-state index in [1.807, 2.05) is 11.8 Å². The summed E-state index contributed by atoms with van der Waals surface area (Å²) >= 11 is 1.90. The summed E-state index contributed by atoms with van der Waals surface area (Å²) in [6.07, 6.45) is 5.94. The lowest BCUT2D eigenvalue weighted by atomic mass is 9.95. The van der Waals surface area contributed by atoms with Gasteiger partial charge in [-0.3, -0.25) is 4.79 Å². The van der Waals surface area contributed by atoms with Crippen molar-refractivity contribution in [3.63, 3.8) is 0 Å². The Morgan fingerprint density at radius 2 is 2.31 bits per heavy atom. The molecule has 0 spiro atoms. The van der Waals surface area contributed by atoms with Gasteiger partial charge in [0.2, 0.25) is 0 Å². The predicted octanol–water partition coefficient (Wildman–Crippen LogP) is 1.09. The number of rotatable bonds is 6. The number of aliphatic carboxylic acids is 1. The monoisotopic (exact) mass is 247 g/mol. The lowest BCUT2D eigenvalue weighted by molar-refractivity contribution is -0.139. The van der Waals surface area contributed by atoms with Crippen LogP contribution in [0.2, 0.25) is 0 Å². The Bertz CT molecular complexity index is 225. The van der Waals surface area contributed by atoms with Crippen LogP contribution in [0.4, 0.5) is 0 Å². The van der Waals surface area contributed by atoms with E-state index in [9.17, 15) is 9.90 Å². The first-order chi connectivity index (χ1) is 7.61. The van der Waals surface area contributed by atoms with E-state index < -0.39 is 12.1 Å². The molecule has 3 atom stereocenters. The van der Waals surface area contributed by atoms with Gasteiger partial charge < -0.3 is 15.5 Å². The van der Waals surface area contributed by atoms with Crippen molar-refractivity contribution < 1.29 is 15.0 Å². The van der Waals surface area contributed by atoms with E-state index in [1.165, 1.54) is 12.8 Å². The maximum absolute atomic E-state index is 10.4. The van der Waals surface area contributed by atoms with E-state index in [4.69, 9.17) is 5.11 Å². The standard InChI is InChI=1S/C11H21NO3S/c1-16-10-4-2-3-8(5-10)12-7-9(13)6-11(14)15/h8-10,12-13H,2-7H2,1H3,(H,14,15). The maximum atomic E-state index is 10.4. The van der Waals surface area contributed by atoms with Gasteiger partial charge in [0.15, 0.2) is 0 Å². The van der Waals surface area contributed by atoms with E-state index in [1.54, 1.807) is 0 Å². The predicted molar refractivity (Wildman–Crippen MR) is 65.8 cm³/mol. The zero-order valence-corrected chi connectivity index (χ0v) is 10.5. The Labute approximate surface area is 101 Å².